The van der Waals surface area contributed by atoms with Gasteiger partial charge in [0.15, 0.2) is 0 Å². The number of ether oxygens (including phenoxy) is 3. The minimum atomic E-state index is -0.502. The summed E-state index contributed by atoms with van der Waals surface area (Å²) in [6, 6.07) is 11.4. The second kappa shape index (κ2) is 9.59. The predicted molar refractivity (Wildman–Crippen MR) is 118 cm³/mol. The Balaban J connectivity index is 1.73. The van der Waals surface area contributed by atoms with Gasteiger partial charge in [-0.2, -0.15) is 0 Å². The van der Waals surface area contributed by atoms with E-state index in [2.05, 4.69) is 0 Å². The van der Waals surface area contributed by atoms with Gasteiger partial charge in [-0.15, -0.1) is 0 Å². The van der Waals surface area contributed by atoms with Gasteiger partial charge in [0, 0.05) is 30.8 Å². The second-order valence-corrected chi connectivity index (χ2v) is 7.77. The number of thioether (sulfide) groups is 1. The number of rotatable bonds is 8. The molecular weight excluding hydrogens is 428 g/mol. The third-order valence-electron chi connectivity index (χ3n) is 4.13. The van der Waals surface area contributed by atoms with Crippen LogP contribution in [0.15, 0.2) is 47.4 Å². The molecule has 0 saturated carbocycles. The van der Waals surface area contributed by atoms with E-state index in [1.165, 1.54) is 23.1 Å². The van der Waals surface area contributed by atoms with Crippen LogP contribution in [0.2, 0.25) is 0 Å². The van der Waals surface area contributed by atoms with Gasteiger partial charge < -0.3 is 14.2 Å². The van der Waals surface area contributed by atoms with Crippen LogP contribution in [-0.2, 0) is 4.79 Å². The van der Waals surface area contributed by atoms with Crippen molar-refractivity contribution in [1.29, 1.82) is 0 Å². The Kier molecular flexibility index (Phi) is 6.91. The molecule has 156 valence electrons. The molecule has 0 aromatic heterocycles. The zero-order chi connectivity index (χ0) is 21.7. The van der Waals surface area contributed by atoms with Gasteiger partial charge in [0.05, 0.1) is 16.9 Å². The first-order valence-corrected chi connectivity index (χ1v) is 10.0. The minimum Gasteiger partial charge on any atom is -0.497 e. The van der Waals surface area contributed by atoms with Crippen LogP contribution in [0, 0.1) is 10.1 Å². The zero-order valence-corrected chi connectivity index (χ0v) is 17.8. The molecule has 2 aromatic rings. The van der Waals surface area contributed by atoms with Crippen LogP contribution < -0.4 is 14.2 Å². The predicted octanol–water partition coefficient (Wildman–Crippen LogP) is 3.89. The fraction of sp³-hybridized carbons (Fsp3) is 0.200. The Morgan fingerprint density at radius 1 is 1.17 bits per heavy atom. The number of carbonyl (C=O) groups is 1. The molecule has 3 rings (SSSR count). The Labute approximate surface area is 182 Å². The van der Waals surface area contributed by atoms with Crippen LogP contribution in [0.4, 0.5) is 5.69 Å². The number of thiocarbonyl (C=S) groups is 1. The SMILES string of the molecule is COc1cccc(OCCOc2ccc([N+](=O)[O-])cc2/C=C2/SC(=S)N(C)C2=O)c1. The smallest absolute Gasteiger partial charge is 0.270 e. The maximum Gasteiger partial charge on any atom is 0.270 e. The van der Waals surface area contributed by atoms with E-state index in [1.54, 1.807) is 32.4 Å². The molecule has 0 aliphatic carbocycles. The molecule has 0 spiro atoms. The van der Waals surface area contributed by atoms with Gasteiger partial charge in [0.25, 0.3) is 11.6 Å². The third-order valence-corrected chi connectivity index (χ3v) is 5.61. The van der Waals surface area contributed by atoms with Crippen molar-refractivity contribution in [1.82, 2.24) is 4.90 Å². The number of hydrogen-bond donors (Lipinski definition) is 0. The number of likely N-dealkylation sites (N-methyl/N-ethyl adjacent to an activating group) is 1. The van der Waals surface area contributed by atoms with Crippen molar-refractivity contribution < 1.29 is 23.9 Å². The molecule has 0 bridgehead atoms. The monoisotopic (exact) mass is 446 g/mol. The van der Waals surface area contributed by atoms with Crippen molar-refractivity contribution in [2.24, 2.45) is 0 Å². The van der Waals surface area contributed by atoms with E-state index in [9.17, 15) is 14.9 Å². The summed E-state index contributed by atoms with van der Waals surface area (Å²) in [5.74, 6) is 1.45. The van der Waals surface area contributed by atoms with Gasteiger partial charge in [-0.1, -0.05) is 30.0 Å². The highest BCUT2D eigenvalue weighted by molar-refractivity contribution is 8.26. The molecule has 1 fully saturated rings. The molecule has 0 unspecified atom stereocenters. The van der Waals surface area contributed by atoms with E-state index >= 15 is 0 Å². The van der Waals surface area contributed by atoms with E-state index < -0.39 is 4.92 Å². The molecule has 1 saturated heterocycles. The molecule has 30 heavy (non-hydrogen) atoms. The van der Waals surface area contributed by atoms with Crippen molar-refractivity contribution in [3.8, 4) is 17.2 Å². The maximum absolute atomic E-state index is 12.3. The summed E-state index contributed by atoms with van der Waals surface area (Å²) < 4.78 is 17.0. The van der Waals surface area contributed by atoms with E-state index in [-0.39, 0.29) is 24.8 Å². The molecule has 1 aliphatic heterocycles. The summed E-state index contributed by atoms with van der Waals surface area (Å²) in [5, 5.41) is 11.2. The highest BCUT2D eigenvalue weighted by Crippen LogP contribution is 2.34. The summed E-state index contributed by atoms with van der Waals surface area (Å²) in [4.78, 5) is 24.6. The number of carbonyl (C=O) groups excluding carboxylic acids is 1. The number of amides is 1. The van der Waals surface area contributed by atoms with Crippen molar-refractivity contribution in [3.63, 3.8) is 0 Å². The number of benzene rings is 2. The Morgan fingerprint density at radius 3 is 2.57 bits per heavy atom. The lowest BCUT2D eigenvalue weighted by molar-refractivity contribution is -0.384. The van der Waals surface area contributed by atoms with Gasteiger partial charge >= 0.3 is 0 Å². The number of non-ortho nitro benzene ring substituents is 1. The molecule has 2 aromatic carbocycles. The lowest BCUT2D eigenvalue weighted by atomic mass is 10.1. The quantitative estimate of drug-likeness (QED) is 0.198. The van der Waals surface area contributed by atoms with Crippen LogP contribution >= 0.6 is 24.0 Å². The van der Waals surface area contributed by atoms with Crippen LogP contribution in [0.5, 0.6) is 17.2 Å². The fourth-order valence-electron chi connectivity index (χ4n) is 2.58. The van der Waals surface area contributed by atoms with E-state index in [4.69, 9.17) is 26.4 Å². The lowest BCUT2D eigenvalue weighted by Crippen LogP contribution is -2.22. The zero-order valence-electron chi connectivity index (χ0n) is 16.2. The number of nitro benzene ring substituents is 1. The molecule has 1 amide bonds. The van der Waals surface area contributed by atoms with E-state index in [0.717, 1.165) is 11.8 Å². The standard InChI is InChI=1S/C20H18N2O6S2/c1-21-19(23)18(30-20(21)29)11-13-10-14(22(24)25)6-7-17(13)28-9-8-27-16-5-3-4-15(12-16)26-2/h3-7,10-12H,8-9H2,1-2H3/b18-11+. The molecule has 0 N–H and O–H groups in total. The number of nitro groups is 1. The minimum absolute atomic E-state index is 0.104. The molecule has 1 heterocycles. The van der Waals surface area contributed by atoms with Crippen molar-refractivity contribution in [2.45, 2.75) is 0 Å². The van der Waals surface area contributed by atoms with Crippen LogP contribution in [-0.4, -0.2) is 47.4 Å². The fourth-order valence-corrected chi connectivity index (χ4v) is 3.75. The molecule has 0 atom stereocenters. The topological polar surface area (TPSA) is 91.1 Å². The number of hydrogen-bond acceptors (Lipinski definition) is 8. The molecular formula is C20H18N2O6S2. The van der Waals surface area contributed by atoms with Crippen LogP contribution in [0.25, 0.3) is 6.08 Å². The van der Waals surface area contributed by atoms with Crippen molar-refractivity contribution in [2.75, 3.05) is 27.4 Å². The first-order chi connectivity index (χ1) is 14.4. The molecule has 1 aliphatic rings. The Hall–Kier alpha value is -3.11. The first kappa shape index (κ1) is 21.6. The summed E-state index contributed by atoms with van der Waals surface area (Å²) in [6.07, 6.45) is 1.55. The summed E-state index contributed by atoms with van der Waals surface area (Å²) in [6.45, 7) is 0.450. The summed E-state index contributed by atoms with van der Waals surface area (Å²) >= 11 is 6.26. The van der Waals surface area contributed by atoms with Crippen LogP contribution in [0.3, 0.4) is 0 Å². The molecule has 10 heteroatoms. The summed E-state index contributed by atoms with van der Waals surface area (Å²) in [5.41, 5.74) is 0.313. The highest BCUT2D eigenvalue weighted by Gasteiger charge is 2.29. The van der Waals surface area contributed by atoms with Crippen molar-refractivity contribution in [3.05, 3.63) is 63.0 Å². The summed E-state index contributed by atoms with van der Waals surface area (Å²) in [7, 11) is 3.16. The van der Waals surface area contributed by atoms with Crippen molar-refractivity contribution >= 4 is 46.0 Å². The number of nitrogens with zero attached hydrogens (tertiary/aromatic N) is 2. The van der Waals surface area contributed by atoms with Gasteiger partial charge in [0.1, 0.15) is 34.8 Å². The lowest BCUT2D eigenvalue weighted by Gasteiger charge is -2.11. The highest BCUT2D eigenvalue weighted by atomic mass is 32.2. The van der Waals surface area contributed by atoms with Gasteiger partial charge in [-0.3, -0.25) is 19.8 Å². The normalized spacial score (nSPS) is 14.9. The first-order valence-electron chi connectivity index (χ1n) is 8.78. The second-order valence-electron chi connectivity index (χ2n) is 6.10. The van der Waals surface area contributed by atoms with Gasteiger partial charge in [-0.05, 0) is 24.3 Å². The Morgan fingerprint density at radius 2 is 1.90 bits per heavy atom. The number of methoxy groups -OCH3 is 1. The van der Waals surface area contributed by atoms with Gasteiger partial charge in [-0.25, -0.2) is 0 Å². The maximum atomic E-state index is 12.3. The largest absolute Gasteiger partial charge is 0.497 e. The van der Waals surface area contributed by atoms with E-state index in [0.29, 0.717) is 32.0 Å². The van der Waals surface area contributed by atoms with Gasteiger partial charge in [0.2, 0.25) is 0 Å². The van der Waals surface area contributed by atoms with Crippen LogP contribution in [0.1, 0.15) is 5.56 Å². The Bertz CT molecular complexity index is 1020. The molecule has 0 radical (unpaired) electrons. The third kappa shape index (κ3) is 5.08. The average Bonchev–Trinajstić information content (AvgIpc) is 2.98. The molecule has 8 nitrogen and oxygen atoms in total. The average molecular weight is 447 g/mol. The van der Waals surface area contributed by atoms with E-state index in [1.807, 2.05) is 12.1 Å².